The molecule has 0 unspecified atom stereocenters. The van der Waals surface area contributed by atoms with Gasteiger partial charge in [0.15, 0.2) is 11.6 Å². The zero-order chi connectivity index (χ0) is 18.7. The molecule has 2 heterocycles. The molecule has 26 heavy (non-hydrogen) atoms. The molecule has 0 saturated carbocycles. The van der Waals surface area contributed by atoms with Crippen molar-refractivity contribution in [3.63, 3.8) is 0 Å². The van der Waals surface area contributed by atoms with E-state index in [1.54, 1.807) is 25.2 Å². The highest BCUT2D eigenvalue weighted by Gasteiger charge is 2.17. The molecule has 7 nitrogen and oxygen atoms in total. The average Bonchev–Trinajstić information content (AvgIpc) is 3.00. The zero-order valence-electron chi connectivity index (χ0n) is 14.1. The van der Waals surface area contributed by atoms with Crippen LogP contribution in [0.3, 0.4) is 0 Å². The van der Waals surface area contributed by atoms with E-state index in [0.29, 0.717) is 47.4 Å². The number of fused-ring (bicyclic) bond motifs is 1. The molecule has 0 aliphatic heterocycles. The number of halogens is 2. The Bertz CT molecular complexity index is 961. The third-order valence-corrected chi connectivity index (χ3v) is 4.06. The Kier molecular flexibility index (Phi) is 4.93. The Morgan fingerprint density at radius 3 is 2.81 bits per heavy atom. The van der Waals surface area contributed by atoms with Crippen molar-refractivity contribution >= 4 is 22.5 Å². The summed E-state index contributed by atoms with van der Waals surface area (Å²) in [7, 11) is 1.79. The van der Waals surface area contributed by atoms with E-state index in [2.05, 4.69) is 20.2 Å². The number of benzene rings is 1. The number of aryl methyl sites for hydroxylation is 1. The fourth-order valence-corrected chi connectivity index (χ4v) is 2.76. The summed E-state index contributed by atoms with van der Waals surface area (Å²) in [4.78, 5) is 9.76. The number of aromatic nitrogens is 4. The Labute approximate surface area is 148 Å². The minimum Gasteiger partial charge on any atom is -0.381 e. The molecule has 0 spiro atoms. The Morgan fingerprint density at radius 1 is 1.31 bits per heavy atom. The fraction of sp³-hybridized carbons (Fsp3) is 0.294. The van der Waals surface area contributed by atoms with Gasteiger partial charge in [0.25, 0.3) is 6.43 Å². The zero-order valence-corrected chi connectivity index (χ0v) is 14.1. The molecule has 0 aliphatic carbocycles. The summed E-state index contributed by atoms with van der Waals surface area (Å²) in [5.41, 5.74) is 7.11. The van der Waals surface area contributed by atoms with Crippen LogP contribution in [0.5, 0.6) is 0 Å². The first kappa shape index (κ1) is 17.5. The first-order valence-corrected chi connectivity index (χ1v) is 8.00. The molecule has 1 aromatic carbocycles. The topological polar surface area (TPSA) is 108 Å². The number of para-hydroxylation sites is 1. The highest BCUT2D eigenvalue weighted by Crippen LogP contribution is 2.26. The number of nitrogens with one attached hydrogen (secondary N) is 1. The van der Waals surface area contributed by atoms with E-state index in [-0.39, 0.29) is 5.82 Å². The van der Waals surface area contributed by atoms with Gasteiger partial charge in [0.1, 0.15) is 17.5 Å². The summed E-state index contributed by atoms with van der Waals surface area (Å²) < 4.78 is 26.2. The largest absolute Gasteiger partial charge is 0.381 e. The summed E-state index contributed by atoms with van der Waals surface area (Å²) >= 11 is 0. The Hall–Kier alpha value is -3.28. The summed E-state index contributed by atoms with van der Waals surface area (Å²) in [6.07, 6.45) is -1.52. The van der Waals surface area contributed by atoms with E-state index in [1.807, 2.05) is 17.0 Å². The number of aromatic amines is 1. The third-order valence-electron chi connectivity index (χ3n) is 4.06. The van der Waals surface area contributed by atoms with Crippen molar-refractivity contribution in [2.24, 2.45) is 0 Å². The van der Waals surface area contributed by atoms with Crippen LogP contribution < -0.4 is 10.6 Å². The summed E-state index contributed by atoms with van der Waals surface area (Å²) in [6.45, 7) is 0.549. The average molecular weight is 357 g/mol. The minimum absolute atomic E-state index is 0.180. The van der Waals surface area contributed by atoms with Crippen LogP contribution in [0.4, 0.5) is 20.4 Å². The van der Waals surface area contributed by atoms with Gasteiger partial charge in [-0.15, -0.1) is 0 Å². The van der Waals surface area contributed by atoms with Crippen molar-refractivity contribution in [2.45, 2.75) is 19.3 Å². The van der Waals surface area contributed by atoms with Crippen LogP contribution in [-0.2, 0) is 6.42 Å². The van der Waals surface area contributed by atoms with Gasteiger partial charge >= 0.3 is 0 Å². The van der Waals surface area contributed by atoms with Crippen LogP contribution in [0, 0.1) is 11.3 Å². The van der Waals surface area contributed by atoms with Crippen LogP contribution in [0.25, 0.3) is 10.9 Å². The van der Waals surface area contributed by atoms with Crippen LogP contribution >= 0.6 is 0 Å². The van der Waals surface area contributed by atoms with E-state index < -0.39 is 12.2 Å². The summed E-state index contributed by atoms with van der Waals surface area (Å²) in [5, 5.41) is 16.4. The van der Waals surface area contributed by atoms with Crippen LogP contribution in [0.2, 0.25) is 0 Å². The molecule has 0 aliphatic rings. The number of nitrogens with two attached hydrogens (primary N) is 1. The number of alkyl halides is 2. The highest BCUT2D eigenvalue weighted by molar-refractivity contribution is 5.89. The van der Waals surface area contributed by atoms with Crippen molar-refractivity contribution < 1.29 is 8.78 Å². The first-order valence-electron chi connectivity index (χ1n) is 8.00. The molecule has 9 heteroatoms. The molecular formula is C17H17F2N7. The number of nitrogens with zero attached hydrogens (tertiary/aromatic N) is 5. The molecular weight excluding hydrogens is 340 g/mol. The monoisotopic (exact) mass is 357 g/mol. The molecule has 2 aromatic heterocycles. The highest BCUT2D eigenvalue weighted by atomic mass is 19.3. The Balaban J connectivity index is 1.79. The van der Waals surface area contributed by atoms with E-state index >= 15 is 0 Å². The second-order valence-electron chi connectivity index (χ2n) is 5.82. The number of hydrogen-bond acceptors (Lipinski definition) is 6. The molecule has 134 valence electrons. The number of nitriles is 1. The first-order chi connectivity index (χ1) is 12.5. The van der Waals surface area contributed by atoms with Crippen molar-refractivity contribution in [1.82, 2.24) is 20.2 Å². The lowest BCUT2D eigenvalue weighted by atomic mass is 10.1. The number of anilines is 2. The molecule has 0 fully saturated rings. The summed E-state index contributed by atoms with van der Waals surface area (Å²) in [6, 6.07) is 9.08. The lowest BCUT2D eigenvalue weighted by molar-refractivity contribution is 0.141. The maximum Gasteiger partial charge on any atom is 0.297 e. The van der Waals surface area contributed by atoms with Gasteiger partial charge in [0.2, 0.25) is 0 Å². The standard InChI is InChI=1S/C17H17F2N7/c1-26(8-4-7-13-11(9-20)15(21)25-24-13)17-10-5-2-3-6-12(10)22-16(23-17)14(18)19/h2-3,5-6,14H,4,7-8H2,1H3,(H3,21,24,25). The summed E-state index contributed by atoms with van der Waals surface area (Å²) in [5.74, 6) is 0.147. The van der Waals surface area contributed by atoms with E-state index in [1.165, 1.54) is 0 Å². The van der Waals surface area contributed by atoms with Crippen molar-refractivity contribution in [3.8, 4) is 6.07 Å². The smallest absolute Gasteiger partial charge is 0.297 e. The van der Waals surface area contributed by atoms with Gasteiger partial charge in [-0.25, -0.2) is 18.7 Å². The molecule has 3 N–H and O–H groups in total. The predicted octanol–water partition coefficient (Wildman–Crippen LogP) is 2.81. The maximum atomic E-state index is 13.1. The second-order valence-corrected chi connectivity index (χ2v) is 5.82. The van der Waals surface area contributed by atoms with Gasteiger partial charge in [0, 0.05) is 19.0 Å². The molecule has 0 radical (unpaired) electrons. The molecule has 0 bridgehead atoms. The van der Waals surface area contributed by atoms with Crippen LogP contribution in [0.15, 0.2) is 24.3 Å². The van der Waals surface area contributed by atoms with E-state index in [9.17, 15) is 8.78 Å². The number of H-pyrrole nitrogens is 1. The van der Waals surface area contributed by atoms with Crippen LogP contribution in [-0.4, -0.2) is 33.8 Å². The van der Waals surface area contributed by atoms with Gasteiger partial charge < -0.3 is 10.6 Å². The third kappa shape index (κ3) is 3.39. The SMILES string of the molecule is CN(CCCc1[nH]nc(N)c1C#N)c1nc(C(F)F)nc2ccccc12. The molecule has 3 aromatic rings. The fourth-order valence-electron chi connectivity index (χ4n) is 2.76. The molecule has 3 rings (SSSR count). The van der Waals surface area contributed by atoms with Gasteiger partial charge in [-0.1, -0.05) is 12.1 Å². The van der Waals surface area contributed by atoms with Crippen LogP contribution in [0.1, 0.15) is 29.9 Å². The molecule has 0 saturated heterocycles. The van der Waals surface area contributed by atoms with Gasteiger partial charge in [0.05, 0.1) is 11.2 Å². The predicted molar refractivity (Wildman–Crippen MR) is 93.8 cm³/mol. The van der Waals surface area contributed by atoms with Gasteiger partial charge in [-0.2, -0.15) is 10.4 Å². The second kappa shape index (κ2) is 7.31. The normalized spacial score (nSPS) is 11.0. The van der Waals surface area contributed by atoms with Crippen molar-refractivity contribution in [2.75, 3.05) is 24.2 Å². The Morgan fingerprint density at radius 2 is 2.08 bits per heavy atom. The lowest BCUT2D eigenvalue weighted by Gasteiger charge is -2.20. The van der Waals surface area contributed by atoms with Crippen molar-refractivity contribution in [1.29, 1.82) is 5.26 Å². The number of hydrogen-bond donors (Lipinski definition) is 2. The maximum absolute atomic E-state index is 13.1. The number of rotatable bonds is 6. The molecule has 0 atom stereocenters. The van der Waals surface area contributed by atoms with Gasteiger partial charge in [-0.05, 0) is 25.0 Å². The lowest BCUT2D eigenvalue weighted by Crippen LogP contribution is -2.21. The number of nitrogen functional groups attached to an aromatic ring is 1. The van der Waals surface area contributed by atoms with E-state index in [0.717, 1.165) is 0 Å². The molecule has 0 amide bonds. The van der Waals surface area contributed by atoms with Gasteiger partial charge in [-0.3, -0.25) is 5.10 Å². The van der Waals surface area contributed by atoms with Crippen molar-refractivity contribution in [3.05, 3.63) is 41.3 Å². The quantitative estimate of drug-likeness (QED) is 0.702. The van der Waals surface area contributed by atoms with E-state index in [4.69, 9.17) is 11.0 Å². The minimum atomic E-state index is -2.74.